The molecule has 0 bridgehead atoms. The minimum atomic E-state index is -1.39. The highest BCUT2D eigenvalue weighted by molar-refractivity contribution is 7.99. The van der Waals surface area contributed by atoms with Crippen LogP contribution in [0.2, 0.25) is 0 Å². The Balaban J connectivity index is 1.49. The number of thioether (sulfide) groups is 1. The first kappa shape index (κ1) is 28.4. The largest absolute Gasteiger partial charge is 0.492 e. The molecule has 1 aromatic heterocycles. The molecule has 35 heavy (non-hydrogen) atoms. The van der Waals surface area contributed by atoms with Crippen molar-refractivity contribution in [3.05, 3.63) is 24.5 Å². The molecule has 3 heterocycles. The number of nitrogens with one attached hydrogen (secondary N) is 2. The fraction of sp³-hybridized carbons (Fsp3) is 0.750. The molecular formula is C24H38ClN3O6S. The molecule has 2 saturated heterocycles. The summed E-state index contributed by atoms with van der Waals surface area (Å²) in [4.78, 5) is 17.2. The molecule has 0 aliphatic carbocycles. The molecule has 0 saturated carbocycles. The van der Waals surface area contributed by atoms with Crippen molar-refractivity contribution in [2.24, 2.45) is 5.92 Å². The molecule has 2 aliphatic rings. The Morgan fingerprint density at radius 3 is 2.80 bits per heavy atom. The number of amides is 1. The summed E-state index contributed by atoms with van der Waals surface area (Å²) in [5, 5.41) is 36.6. The number of halogens is 1. The molecule has 2 fully saturated rings. The molecule has 198 valence electrons. The van der Waals surface area contributed by atoms with Crippen LogP contribution in [-0.2, 0) is 9.53 Å². The topological polar surface area (TPSA) is 133 Å². The summed E-state index contributed by atoms with van der Waals surface area (Å²) in [7, 11) is 0. The number of carbonyl (C=O) groups excluding carboxylic acids is 1. The van der Waals surface area contributed by atoms with Gasteiger partial charge in [-0.1, -0.05) is 0 Å². The number of hydrogen-bond acceptors (Lipinski definition) is 9. The first-order valence-electron chi connectivity index (χ1n) is 12.2. The predicted octanol–water partition coefficient (Wildman–Crippen LogP) is 1.28. The molecule has 0 aromatic carbocycles. The number of aromatic nitrogens is 1. The van der Waals surface area contributed by atoms with Gasteiger partial charge < -0.3 is 35.4 Å². The highest BCUT2D eigenvalue weighted by Crippen LogP contribution is 2.30. The Bertz CT molecular complexity index is 777. The van der Waals surface area contributed by atoms with Crippen molar-refractivity contribution < 1.29 is 29.6 Å². The van der Waals surface area contributed by atoms with Crippen molar-refractivity contribution >= 4 is 29.3 Å². The molecule has 1 aromatic rings. The minimum absolute atomic E-state index is 0.208. The average Bonchev–Trinajstić information content (AvgIpc) is 3.10. The van der Waals surface area contributed by atoms with E-state index in [9.17, 15) is 20.1 Å². The maximum absolute atomic E-state index is 13.1. The third-order valence-electron chi connectivity index (χ3n) is 6.78. The Kier molecular flexibility index (Phi) is 11.3. The van der Waals surface area contributed by atoms with Crippen LogP contribution in [0.15, 0.2) is 24.5 Å². The lowest BCUT2D eigenvalue weighted by molar-refractivity contribution is -0.205. The highest BCUT2D eigenvalue weighted by Gasteiger charge is 2.48. The molecule has 3 rings (SSSR count). The van der Waals surface area contributed by atoms with Crippen LogP contribution in [0.25, 0.3) is 0 Å². The van der Waals surface area contributed by atoms with Gasteiger partial charge in [-0.15, -0.1) is 23.4 Å². The van der Waals surface area contributed by atoms with E-state index in [2.05, 4.69) is 15.6 Å². The first-order chi connectivity index (χ1) is 16.8. The van der Waals surface area contributed by atoms with Gasteiger partial charge in [-0.25, -0.2) is 0 Å². The summed E-state index contributed by atoms with van der Waals surface area (Å²) in [5.74, 6) is 1.07. The van der Waals surface area contributed by atoms with Crippen LogP contribution in [0.1, 0.15) is 39.0 Å². The van der Waals surface area contributed by atoms with Crippen LogP contribution in [0.5, 0.6) is 5.75 Å². The van der Waals surface area contributed by atoms with E-state index in [4.69, 9.17) is 21.1 Å². The summed E-state index contributed by atoms with van der Waals surface area (Å²) in [5.41, 5.74) is -0.730. The summed E-state index contributed by atoms with van der Waals surface area (Å²) in [6.45, 7) is 3.07. The van der Waals surface area contributed by atoms with E-state index in [-0.39, 0.29) is 11.9 Å². The Morgan fingerprint density at radius 1 is 1.31 bits per heavy atom. The SMILES string of the molecule is CS[C@H]1O[C@H]([C@H](NC(=O)C2CC[C@H](CCCOc3cccnc3)CCN2)[C@H](C)Cl)[C@H](O)[C@H](O)[C@H]1O. The van der Waals surface area contributed by atoms with Crippen LogP contribution >= 0.6 is 23.4 Å². The van der Waals surface area contributed by atoms with Gasteiger partial charge in [0, 0.05) is 6.20 Å². The first-order valence-corrected chi connectivity index (χ1v) is 14.0. The second-order valence-electron chi connectivity index (χ2n) is 9.31. The fourth-order valence-electron chi connectivity index (χ4n) is 4.71. The summed E-state index contributed by atoms with van der Waals surface area (Å²) in [6, 6.07) is 2.63. The summed E-state index contributed by atoms with van der Waals surface area (Å²) in [6.07, 6.45) is 4.77. The van der Waals surface area contributed by atoms with E-state index in [1.54, 1.807) is 25.6 Å². The van der Waals surface area contributed by atoms with Crippen molar-refractivity contribution in [1.82, 2.24) is 15.6 Å². The number of hydrogen-bond donors (Lipinski definition) is 5. The van der Waals surface area contributed by atoms with Gasteiger partial charge in [-0.3, -0.25) is 9.78 Å². The fourth-order valence-corrected chi connectivity index (χ4v) is 5.59. The summed E-state index contributed by atoms with van der Waals surface area (Å²) < 4.78 is 11.6. The number of carbonyl (C=O) groups is 1. The maximum atomic E-state index is 13.1. The number of aliphatic hydroxyl groups is 3. The number of pyridine rings is 1. The van der Waals surface area contributed by atoms with Gasteiger partial charge >= 0.3 is 0 Å². The van der Waals surface area contributed by atoms with E-state index in [0.717, 1.165) is 38.0 Å². The van der Waals surface area contributed by atoms with Crippen molar-refractivity contribution in [3.63, 3.8) is 0 Å². The molecule has 1 unspecified atom stereocenters. The van der Waals surface area contributed by atoms with Gasteiger partial charge in [0.05, 0.1) is 30.3 Å². The molecule has 9 nitrogen and oxygen atoms in total. The Labute approximate surface area is 216 Å². The van der Waals surface area contributed by atoms with Crippen LogP contribution in [0.4, 0.5) is 0 Å². The van der Waals surface area contributed by atoms with Gasteiger partial charge in [0.15, 0.2) is 0 Å². The quantitative estimate of drug-likeness (QED) is 0.223. The molecule has 11 heteroatoms. The predicted molar refractivity (Wildman–Crippen MR) is 136 cm³/mol. The molecule has 9 atom stereocenters. The standard InChI is InChI=1S/C24H38ClN3O6S/c1-14(25)18(22-20(30)19(29)21(31)24(34-22)35-2)28-23(32)17-8-7-15(9-11-27-17)5-4-12-33-16-6-3-10-26-13-16/h3,6,10,13-15,17-22,24,27,29-31H,4-5,7-9,11-12H2,1-2H3,(H,28,32)/t14-,15-,17?,18+,19-,20+,21+,22+,24+/m0/s1. The second-order valence-corrected chi connectivity index (χ2v) is 10.9. The maximum Gasteiger partial charge on any atom is 0.237 e. The number of ether oxygens (including phenoxy) is 2. The molecule has 0 spiro atoms. The van der Waals surface area contributed by atoms with Gasteiger partial charge in [0.25, 0.3) is 0 Å². The third kappa shape index (κ3) is 7.92. The molecular weight excluding hydrogens is 494 g/mol. The second kappa shape index (κ2) is 14.0. The number of aliphatic hydroxyl groups excluding tert-OH is 3. The van der Waals surface area contributed by atoms with Crippen LogP contribution in [0, 0.1) is 5.92 Å². The smallest absolute Gasteiger partial charge is 0.237 e. The van der Waals surface area contributed by atoms with Crippen LogP contribution < -0.4 is 15.4 Å². The number of nitrogens with zero attached hydrogens (tertiary/aromatic N) is 1. The Morgan fingerprint density at radius 2 is 2.11 bits per heavy atom. The van der Waals surface area contributed by atoms with Gasteiger partial charge in [0.1, 0.15) is 35.6 Å². The number of alkyl halides is 1. The van der Waals surface area contributed by atoms with Gasteiger partial charge in [-0.2, -0.15) is 0 Å². The van der Waals surface area contributed by atoms with E-state index >= 15 is 0 Å². The average molecular weight is 532 g/mol. The van der Waals surface area contributed by atoms with Gasteiger partial charge in [-0.05, 0) is 69.9 Å². The van der Waals surface area contributed by atoms with Gasteiger partial charge in [0.2, 0.25) is 5.91 Å². The minimum Gasteiger partial charge on any atom is -0.492 e. The summed E-state index contributed by atoms with van der Waals surface area (Å²) >= 11 is 7.60. The van der Waals surface area contributed by atoms with Crippen molar-refractivity contribution in [1.29, 1.82) is 0 Å². The molecule has 5 N–H and O–H groups in total. The normalized spacial score (nSPS) is 33.4. The number of rotatable bonds is 10. The van der Waals surface area contributed by atoms with E-state index in [1.807, 2.05) is 12.1 Å². The van der Waals surface area contributed by atoms with Crippen molar-refractivity contribution in [3.8, 4) is 5.75 Å². The monoisotopic (exact) mass is 531 g/mol. The van der Waals surface area contributed by atoms with E-state index in [1.165, 1.54) is 11.8 Å². The highest BCUT2D eigenvalue weighted by atomic mass is 35.5. The van der Waals surface area contributed by atoms with Crippen LogP contribution in [0.3, 0.4) is 0 Å². The molecule has 0 radical (unpaired) electrons. The lowest BCUT2D eigenvalue weighted by atomic mass is 9.92. The zero-order valence-electron chi connectivity index (χ0n) is 20.3. The lowest BCUT2D eigenvalue weighted by Gasteiger charge is -2.44. The van der Waals surface area contributed by atoms with Crippen molar-refractivity contribution in [2.75, 3.05) is 19.4 Å². The Hall–Kier alpha value is -1.14. The van der Waals surface area contributed by atoms with E-state index < -0.39 is 41.3 Å². The molecule has 2 aliphatic heterocycles. The van der Waals surface area contributed by atoms with E-state index in [0.29, 0.717) is 18.9 Å². The van der Waals surface area contributed by atoms with Crippen molar-refractivity contribution in [2.45, 2.75) is 86.3 Å². The zero-order chi connectivity index (χ0) is 25.4. The van der Waals surface area contributed by atoms with Crippen LogP contribution in [-0.4, -0.2) is 92.9 Å². The zero-order valence-corrected chi connectivity index (χ0v) is 21.8. The lowest BCUT2D eigenvalue weighted by Crippen LogP contribution is -2.65. The molecule has 1 amide bonds. The third-order valence-corrected chi connectivity index (χ3v) is 7.91.